The van der Waals surface area contributed by atoms with Gasteiger partial charge in [-0.05, 0) is 6.42 Å². The molecule has 9 heavy (non-hydrogen) atoms. The number of nitrogens with one attached hydrogen (secondary N) is 1. The summed E-state index contributed by atoms with van der Waals surface area (Å²) >= 11 is 0. The number of hydrogen-bond acceptors (Lipinski definition) is 3. The lowest BCUT2D eigenvalue weighted by Gasteiger charge is -2.05. The van der Waals surface area contributed by atoms with Crippen molar-refractivity contribution in [1.82, 2.24) is 5.48 Å². The van der Waals surface area contributed by atoms with E-state index in [0.29, 0.717) is 5.92 Å². The summed E-state index contributed by atoms with van der Waals surface area (Å²) in [5.41, 5.74) is 2.82. The molecule has 0 spiro atoms. The molecule has 0 radical (unpaired) electrons. The first kappa shape index (κ1) is 4.99. The van der Waals surface area contributed by atoms with Gasteiger partial charge in [0.1, 0.15) is 5.76 Å². The predicted octanol–water partition coefficient (Wildman–Crippen LogP) is 0.453. The van der Waals surface area contributed by atoms with Gasteiger partial charge in [-0.2, -0.15) is 5.48 Å². The van der Waals surface area contributed by atoms with E-state index in [1.54, 1.807) is 6.20 Å². The second kappa shape index (κ2) is 1.84. The highest BCUT2D eigenvalue weighted by Gasteiger charge is 2.23. The maximum atomic E-state index is 5.05. The van der Waals surface area contributed by atoms with Crippen LogP contribution >= 0.6 is 0 Å². The van der Waals surface area contributed by atoms with Crippen molar-refractivity contribution >= 4 is 6.21 Å². The molecule has 3 nitrogen and oxygen atoms in total. The van der Waals surface area contributed by atoms with Crippen LogP contribution in [-0.2, 0) is 4.84 Å². The maximum absolute atomic E-state index is 5.05. The minimum absolute atomic E-state index is 0.544. The molecule has 3 heteroatoms. The molecule has 2 aliphatic heterocycles. The van der Waals surface area contributed by atoms with Gasteiger partial charge in [-0.25, -0.2) is 0 Å². The van der Waals surface area contributed by atoms with Gasteiger partial charge in [0.25, 0.3) is 0 Å². The molecule has 2 heterocycles. The van der Waals surface area contributed by atoms with E-state index in [9.17, 15) is 0 Å². The average molecular weight is 124 g/mol. The Morgan fingerprint density at radius 1 is 1.78 bits per heavy atom. The fourth-order valence-electron chi connectivity index (χ4n) is 1.06. The second-order valence-corrected chi connectivity index (χ2v) is 2.25. The van der Waals surface area contributed by atoms with Gasteiger partial charge in [0, 0.05) is 18.7 Å². The number of fused-ring (bicyclic) bond motifs is 1. The van der Waals surface area contributed by atoms with E-state index in [2.05, 4.69) is 10.5 Å². The molecular weight excluding hydrogens is 116 g/mol. The van der Waals surface area contributed by atoms with E-state index in [4.69, 9.17) is 4.84 Å². The van der Waals surface area contributed by atoms with Gasteiger partial charge in [-0.3, -0.25) is 4.99 Å². The third-order valence-electron chi connectivity index (χ3n) is 1.62. The quantitative estimate of drug-likeness (QED) is 0.508. The van der Waals surface area contributed by atoms with Crippen molar-refractivity contribution in [1.29, 1.82) is 0 Å². The smallest absolute Gasteiger partial charge is 0.147 e. The maximum Gasteiger partial charge on any atom is 0.147 e. The predicted molar refractivity (Wildman–Crippen MR) is 33.8 cm³/mol. The van der Waals surface area contributed by atoms with Crippen molar-refractivity contribution in [2.45, 2.75) is 6.42 Å². The van der Waals surface area contributed by atoms with Crippen molar-refractivity contribution in [2.75, 3.05) is 6.54 Å². The van der Waals surface area contributed by atoms with E-state index in [1.165, 1.54) is 0 Å². The lowest BCUT2D eigenvalue weighted by atomic mass is 10.0. The van der Waals surface area contributed by atoms with Crippen LogP contribution in [-0.4, -0.2) is 12.8 Å². The third-order valence-corrected chi connectivity index (χ3v) is 1.62. The zero-order valence-corrected chi connectivity index (χ0v) is 5.00. The molecule has 0 aromatic heterocycles. The van der Waals surface area contributed by atoms with Crippen LogP contribution in [0.3, 0.4) is 0 Å². The summed E-state index contributed by atoms with van der Waals surface area (Å²) in [5, 5.41) is 0. The Labute approximate surface area is 53.4 Å². The van der Waals surface area contributed by atoms with Gasteiger partial charge < -0.3 is 4.84 Å². The summed E-state index contributed by atoms with van der Waals surface area (Å²) in [5.74, 6) is 1.53. The first-order valence-corrected chi connectivity index (χ1v) is 3.08. The van der Waals surface area contributed by atoms with Crippen molar-refractivity contribution in [2.24, 2.45) is 10.9 Å². The molecule has 0 saturated carbocycles. The Hall–Kier alpha value is -0.830. The molecule has 1 unspecified atom stereocenters. The van der Waals surface area contributed by atoms with Crippen LogP contribution in [0.5, 0.6) is 0 Å². The van der Waals surface area contributed by atoms with Crippen molar-refractivity contribution in [3.8, 4) is 0 Å². The Kier molecular flexibility index (Phi) is 1.02. The topological polar surface area (TPSA) is 33.6 Å². The zero-order valence-electron chi connectivity index (χ0n) is 5.00. The molecule has 1 N–H and O–H groups in total. The lowest BCUT2D eigenvalue weighted by Crippen LogP contribution is -2.09. The fourth-order valence-corrected chi connectivity index (χ4v) is 1.06. The molecule has 1 atom stereocenters. The van der Waals surface area contributed by atoms with E-state index in [0.717, 1.165) is 18.7 Å². The van der Waals surface area contributed by atoms with E-state index < -0.39 is 0 Å². The molecule has 48 valence electrons. The molecular formula is C6H8N2O. The van der Waals surface area contributed by atoms with Crippen molar-refractivity contribution < 1.29 is 4.84 Å². The number of hydrogen-bond donors (Lipinski definition) is 1. The van der Waals surface area contributed by atoms with E-state index >= 15 is 0 Å². The van der Waals surface area contributed by atoms with Gasteiger partial charge >= 0.3 is 0 Å². The monoisotopic (exact) mass is 124 g/mol. The van der Waals surface area contributed by atoms with E-state index in [-0.39, 0.29) is 0 Å². The number of rotatable bonds is 0. The minimum atomic E-state index is 0.544. The standard InChI is InChI=1S/C6H8N2O/c1-2-7-4-6-5(1)3-8-9-6/h2,4-5,8H,1,3H2. The number of hydroxylamine groups is 1. The van der Waals surface area contributed by atoms with Gasteiger partial charge in [0.05, 0.1) is 6.20 Å². The SMILES string of the molecule is C1=NC=C2ONCC2C1. The summed E-state index contributed by atoms with van der Waals surface area (Å²) in [6, 6.07) is 0. The van der Waals surface area contributed by atoms with Crippen molar-refractivity contribution in [3.05, 3.63) is 12.0 Å². The highest BCUT2D eigenvalue weighted by atomic mass is 16.7. The summed E-state index contributed by atoms with van der Waals surface area (Å²) in [6.45, 7) is 0.928. The molecule has 0 aromatic carbocycles. The normalized spacial score (nSPS) is 31.1. The molecule has 0 bridgehead atoms. The Morgan fingerprint density at radius 3 is 3.67 bits per heavy atom. The molecule has 0 aliphatic carbocycles. The highest BCUT2D eigenvalue weighted by molar-refractivity contribution is 5.60. The Morgan fingerprint density at radius 2 is 2.78 bits per heavy atom. The molecule has 2 rings (SSSR count). The van der Waals surface area contributed by atoms with Crippen LogP contribution in [0.1, 0.15) is 6.42 Å². The largest absolute Gasteiger partial charge is 0.411 e. The summed E-state index contributed by atoms with van der Waals surface area (Å²) in [4.78, 5) is 9.02. The van der Waals surface area contributed by atoms with Crippen LogP contribution in [0.25, 0.3) is 0 Å². The molecule has 1 fully saturated rings. The molecule has 1 saturated heterocycles. The van der Waals surface area contributed by atoms with E-state index in [1.807, 2.05) is 6.21 Å². The highest BCUT2D eigenvalue weighted by Crippen LogP contribution is 2.21. The Bertz CT molecular complexity index is 174. The summed E-state index contributed by atoms with van der Waals surface area (Å²) < 4.78 is 0. The first-order chi connectivity index (χ1) is 4.47. The van der Waals surface area contributed by atoms with Crippen LogP contribution in [0.15, 0.2) is 17.0 Å². The minimum Gasteiger partial charge on any atom is -0.411 e. The first-order valence-electron chi connectivity index (χ1n) is 3.08. The fraction of sp³-hybridized carbons (Fsp3) is 0.500. The lowest BCUT2D eigenvalue weighted by molar-refractivity contribution is 0.154. The van der Waals surface area contributed by atoms with Gasteiger partial charge in [0.2, 0.25) is 0 Å². The molecule has 0 amide bonds. The average Bonchev–Trinajstić information content (AvgIpc) is 2.33. The van der Waals surface area contributed by atoms with Crippen molar-refractivity contribution in [3.63, 3.8) is 0 Å². The van der Waals surface area contributed by atoms with Gasteiger partial charge in [-0.1, -0.05) is 0 Å². The third kappa shape index (κ3) is 0.733. The zero-order chi connectivity index (χ0) is 6.10. The number of aliphatic imine (C=N–C) groups is 1. The molecule has 0 aromatic rings. The van der Waals surface area contributed by atoms with Gasteiger partial charge in [0.15, 0.2) is 0 Å². The summed E-state index contributed by atoms with van der Waals surface area (Å²) in [6.07, 6.45) is 4.71. The second-order valence-electron chi connectivity index (χ2n) is 2.25. The van der Waals surface area contributed by atoms with Crippen LogP contribution < -0.4 is 5.48 Å². The summed E-state index contributed by atoms with van der Waals surface area (Å²) in [7, 11) is 0. The van der Waals surface area contributed by atoms with Crippen LogP contribution in [0.4, 0.5) is 0 Å². The van der Waals surface area contributed by atoms with Gasteiger partial charge in [-0.15, -0.1) is 0 Å². The van der Waals surface area contributed by atoms with Crippen LogP contribution in [0, 0.1) is 5.92 Å². The number of nitrogens with zero attached hydrogens (tertiary/aromatic N) is 1. The van der Waals surface area contributed by atoms with Crippen LogP contribution in [0.2, 0.25) is 0 Å². The Balaban J connectivity index is 2.23. The molecule has 2 aliphatic rings.